The van der Waals surface area contributed by atoms with E-state index in [0.29, 0.717) is 82.6 Å². The molecule has 0 spiro atoms. The second-order valence-electron chi connectivity index (χ2n) is 22.2. The molecule has 6 aromatic rings. The molecule has 0 aliphatic carbocycles. The minimum absolute atomic E-state index is 0. The average Bonchev–Trinajstić information content (AvgIpc) is 3.33. The van der Waals surface area contributed by atoms with E-state index < -0.39 is 18.7 Å². The topological polar surface area (TPSA) is 126 Å². The summed E-state index contributed by atoms with van der Waals surface area (Å²) >= 11 is 3.43. The van der Waals surface area contributed by atoms with Gasteiger partial charge < -0.3 is 33.0 Å². The molecule has 8 rings (SSSR count). The Balaban J connectivity index is 0.000000266. The Labute approximate surface area is 510 Å². The number of hydrogen-bond acceptors (Lipinski definition) is 10. The van der Waals surface area contributed by atoms with E-state index in [9.17, 15) is 32.1 Å². The first kappa shape index (κ1) is 66.2. The standard InChI is InChI=1S/C30H38N2O4.C20H19BrO2.C10H19N2O2.BF3.K/c1-19(2)24-17-25-26(16-20(24)3)35-21(4)27(28(25)33)23-10-8-22(9-11-23)18-31-12-14-32(15-13-31)29(34)36-30(5,6)7;1-11(2)16-10-17-18(9-12(16)3)23-13(4)19(20(17)22)14-5-7-15(21)8-6-14;1-10(2,3)14-9(13)12-7-5-11(4)6-8-12;2-1(3)4;/h8-11,16-17,19H,12-15,18H2,1-7H3;5-11H,1-4H3;4-8H2,1-3H3;;/q;;-1;;+1. The molecule has 416 valence electrons. The number of rotatable bonds is 6. The Morgan fingerprint density at radius 3 is 1.31 bits per heavy atom. The van der Waals surface area contributed by atoms with Crippen LogP contribution in [0.25, 0.3) is 44.2 Å². The van der Waals surface area contributed by atoms with Gasteiger partial charge in [0.05, 0.1) is 21.9 Å². The van der Waals surface area contributed by atoms with E-state index in [4.69, 9.17) is 18.3 Å². The van der Waals surface area contributed by atoms with Crippen molar-refractivity contribution in [3.63, 3.8) is 0 Å². The van der Waals surface area contributed by atoms with Gasteiger partial charge >= 0.3 is 71.1 Å². The van der Waals surface area contributed by atoms with E-state index in [0.717, 1.165) is 59.5 Å². The number of amides is 2. The molecule has 2 saturated heterocycles. The van der Waals surface area contributed by atoms with Crippen LogP contribution in [-0.2, 0) is 16.0 Å². The van der Waals surface area contributed by atoms with Crippen LogP contribution in [0.4, 0.5) is 22.5 Å². The van der Waals surface area contributed by atoms with Crippen LogP contribution in [0.2, 0.25) is 0 Å². The van der Waals surface area contributed by atoms with Crippen molar-refractivity contribution in [1.82, 2.24) is 19.6 Å². The van der Waals surface area contributed by atoms with Crippen LogP contribution < -0.4 is 62.2 Å². The van der Waals surface area contributed by atoms with E-state index in [1.165, 1.54) is 16.7 Å². The van der Waals surface area contributed by atoms with Gasteiger partial charge in [0.15, 0.2) is 0 Å². The fraction of sp³-hybridized carbons (Fsp3) is 0.450. The van der Waals surface area contributed by atoms with E-state index in [-0.39, 0.29) is 74.4 Å². The quantitative estimate of drug-likeness (QED) is 0.118. The molecule has 78 heavy (non-hydrogen) atoms. The van der Waals surface area contributed by atoms with E-state index in [2.05, 4.69) is 81.6 Å². The average molecular weight is 1170 g/mol. The Hall–Kier alpha value is -4.27. The molecule has 2 aromatic heterocycles. The van der Waals surface area contributed by atoms with Crippen molar-refractivity contribution >= 4 is 57.6 Å². The fourth-order valence-electron chi connectivity index (χ4n) is 9.18. The van der Waals surface area contributed by atoms with Gasteiger partial charge in [-0.2, -0.15) is 0 Å². The maximum atomic E-state index is 13.5. The van der Waals surface area contributed by atoms with Gasteiger partial charge in [-0.3, -0.25) is 34.5 Å². The summed E-state index contributed by atoms with van der Waals surface area (Å²) in [6.45, 7) is 34.4. The maximum Gasteiger partial charge on any atom is 1.00 e. The number of piperazine rings is 2. The maximum absolute atomic E-state index is 13.5. The second kappa shape index (κ2) is 28.9. The van der Waals surface area contributed by atoms with Gasteiger partial charge in [-0.15, -0.1) is 0 Å². The van der Waals surface area contributed by atoms with Gasteiger partial charge in [0.1, 0.15) is 33.9 Å². The molecule has 2 aliphatic heterocycles. The number of fused-ring (bicyclic) bond motifs is 2. The first-order valence-corrected chi connectivity index (χ1v) is 26.9. The molecule has 12 nitrogen and oxygen atoms in total. The van der Waals surface area contributed by atoms with E-state index in [1.807, 2.05) is 121 Å². The molecule has 0 bridgehead atoms. The predicted molar refractivity (Wildman–Crippen MR) is 308 cm³/mol. The third-order valence-corrected chi connectivity index (χ3v) is 13.5. The number of carbonyl (C=O) groups excluding carboxylic acids is 2. The van der Waals surface area contributed by atoms with Crippen molar-refractivity contribution in [3.05, 3.63) is 144 Å². The Morgan fingerprint density at radius 2 is 0.962 bits per heavy atom. The van der Waals surface area contributed by atoms with Gasteiger partial charge in [-0.05, 0) is 170 Å². The second-order valence-corrected chi connectivity index (χ2v) is 23.1. The minimum atomic E-state index is -3.67. The zero-order valence-corrected chi connectivity index (χ0v) is 53.0. The molecule has 4 aromatic carbocycles. The van der Waals surface area contributed by atoms with Crippen molar-refractivity contribution in [2.75, 3.05) is 52.4 Å². The summed E-state index contributed by atoms with van der Waals surface area (Å²) in [5.41, 5.74) is 9.33. The number of hydrogen-bond donors (Lipinski definition) is 0. The van der Waals surface area contributed by atoms with Crippen molar-refractivity contribution in [2.45, 2.75) is 127 Å². The normalized spacial score (nSPS) is 14.2. The third-order valence-electron chi connectivity index (χ3n) is 13.0. The van der Waals surface area contributed by atoms with Gasteiger partial charge in [0.25, 0.3) is 0 Å². The zero-order valence-electron chi connectivity index (χ0n) is 48.3. The summed E-state index contributed by atoms with van der Waals surface area (Å²) in [6.07, 6.45) is -0.461. The molecule has 0 radical (unpaired) electrons. The molecule has 2 amide bonds. The third kappa shape index (κ3) is 18.9. The van der Waals surface area contributed by atoms with E-state index >= 15 is 0 Å². The number of benzene rings is 4. The molecule has 0 N–H and O–H groups in total. The summed E-state index contributed by atoms with van der Waals surface area (Å²) in [5, 5.41) is 1.29. The first-order chi connectivity index (χ1) is 35.9. The number of ether oxygens (including phenoxy) is 2. The summed E-state index contributed by atoms with van der Waals surface area (Å²) in [6, 6.07) is 23.9. The van der Waals surface area contributed by atoms with E-state index in [1.54, 1.807) is 9.80 Å². The van der Waals surface area contributed by atoms with Crippen LogP contribution in [-0.4, -0.2) is 103 Å². The summed E-state index contributed by atoms with van der Waals surface area (Å²) < 4.78 is 52.8. The number of carbonyl (C=O) groups is 2. The molecular formula is C60H76BBrF3KN4O8. The molecule has 0 unspecified atom stereocenters. The van der Waals surface area contributed by atoms with Crippen LogP contribution in [0.1, 0.15) is 120 Å². The van der Waals surface area contributed by atoms with Crippen LogP contribution in [0.5, 0.6) is 0 Å². The van der Waals surface area contributed by atoms with Crippen LogP contribution >= 0.6 is 15.9 Å². The number of halogens is 4. The van der Waals surface area contributed by atoms with Gasteiger partial charge in [0, 0.05) is 50.3 Å². The molecular weight excluding hydrogens is 1090 g/mol. The predicted octanol–water partition coefficient (Wildman–Crippen LogP) is 11.4. The molecule has 2 fully saturated rings. The van der Waals surface area contributed by atoms with Crippen LogP contribution in [0.3, 0.4) is 0 Å². The van der Waals surface area contributed by atoms with Crippen molar-refractivity contribution in [2.24, 2.45) is 0 Å². The summed E-state index contributed by atoms with van der Waals surface area (Å²) in [7, 11) is 0.154. The molecule has 4 heterocycles. The smallest absolute Gasteiger partial charge is 0.460 e. The van der Waals surface area contributed by atoms with Crippen molar-refractivity contribution in [1.29, 1.82) is 0 Å². The minimum Gasteiger partial charge on any atom is -0.460 e. The number of nitrogens with zero attached hydrogens (tertiary/aromatic N) is 4. The SMILES string of the molecule is Cc1cc2oc(C)c(-c3ccc(Br)cc3)c(=O)c2cc1C(C)C.Cc1cc2oc(C)c(-c3ccc(CN4CCN(C(=O)OC(C)(C)C)CC4)cc3)c(=O)c2cc1C(C)C.FB(F)F.[CH2-]N1CCN(C(=O)OC(C)(C)C)CC1.[K+]. The van der Waals surface area contributed by atoms with Crippen molar-refractivity contribution in [3.8, 4) is 22.3 Å². The molecule has 18 heteroatoms. The van der Waals surface area contributed by atoms with Crippen molar-refractivity contribution < 1.29 is 92.2 Å². The van der Waals surface area contributed by atoms with Crippen LogP contribution in [0.15, 0.2) is 95.7 Å². The first-order valence-electron chi connectivity index (χ1n) is 26.1. The number of aryl methyl sites for hydroxylation is 4. The fourth-order valence-corrected chi connectivity index (χ4v) is 9.44. The summed E-state index contributed by atoms with van der Waals surface area (Å²) in [5.74, 6) is 2.00. The van der Waals surface area contributed by atoms with Gasteiger partial charge in [0.2, 0.25) is 10.9 Å². The summed E-state index contributed by atoms with van der Waals surface area (Å²) in [4.78, 5) is 58.2. The Morgan fingerprint density at radius 1 is 0.615 bits per heavy atom. The zero-order chi connectivity index (χ0) is 57.3. The van der Waals surface area contributed by atoms with Gasteiger partial charge in [-0.1, -0.05) is 80.0 Å². The molecule has 0 atom stereocenters. The monoisotopic (exact) mass is 1170 g/mol. The largest absolute Gasteiger partial charge is 1.00 e. The van der Waals surface area contributed by atoms with Crippen LogP contribution in [0, 0.1) is 34.7 Å². The Kier molecular flexibility index (Phi) is 24.6. The Bertz CT molecular complexity index is 3100. The molecule has 0 saturated carbocycles. The molecule has 2 aliphatic rings. The van der Waals surface area contributed by atoms with Gasteiger partial charge in [-0.25, -0.2) is 9.59 Å².